The van der Waals surface area contributed by atoms with E-state index in [2.05, 4.69) is 19.2 Å². The van der Waals surface area contributed by atoms with E-state index in [0.29, 0.717) is 18.3 Å². The predicted molar refractivity (Wildman–Crippen MR) is 82.2 cm³/mol. The minimum absolute atomic E-state index is 0.0141. The lowest BCUT2D eigenvalue weighted by molar-refractivity contribution is -0.123. The molecule has 1 amide bonds. The number of nitrogens with two attached hydrogens (primary N) is 1. The Bertz CT molecular complexity index is 432. The maximum absolute atomic E-state index is 12.2. The highest BCUT2D eigenvalue weighted by molar-refractivity contribution is 5.82. The van der Waals surface area contributed by atoms with E-state index in [-0.39, 0.29) is 11.9 Å². The first kappa shape index (κ1) is 15.0. The van der Waals surface area contributed by atoms with E-state index in [9.17, 15) is 4.79 Å². The Kier molecular flexibility index (Phi) is 5.18. The molecular weight excluding hydrogens is 248 g/mol. The molecule has 3 nitrogen and oxygen atoms in total. The number of hydrogen-bond acceptors (Lipinski definition) is 2. The Hall–Kier alpha value is -1.35. The van der Waals surface area contributed by atoms with Gasteiger partial charge in [0, 0.05) is 6.04 Å². The summed E-state index contributed by atoms with van der Waals surface area (Å²) in [5.74, 6) is 1.20. The first-order valence-electron chi connectivity index (χ1n) is 7.68. The van der Waals surface area contributed by atoms with Crippen LogP contribution in [0.4, 0.5) is 0 Å². The van der Waals surface area contributed by atoms with Gasteiger partial charge >= 0.3 is 0 Å². The van der Waals surface area contributed by atoms with Gasteiger partial charge < -0.3 is 11.1 Å². The standard InChI is InChI=1S/C17H26N2O/c1-12-7-6-10-16(13(12)2)19-17(20)15(18)11-14-8-4-3-5-9-14/h3-5,8-9,12-13,15-16H,6-7,10-11,18H2,1-2H3,(H,19,20)/t12?,13?,15-,16?/m0/s1. The van der Waals surface area contributed by atoms with Crippen LogP contribution in [0.15, 0.2) is 30.3 Å². The molecule has 1 fully saturated rings. The Morgan fingerprint density at radius 3 is 2.70 bits per heavy atom. The van der Waals surface area contributed by atoms with Crippen LogP contribution in [0, 0.1) is 11.8 Å². The Balaban J connectivity index is 1.87. The number of nitrogens with one attached hydrogen (secondary N) is 1. The van der Waals surface area contributed by atoms with Gasteiger partial charge in [-0.1, -0.05) is 57.0 Å². The zero-order valence-electron chi connectivity index (χ0n) is 12.5. The minimum Gasteiger partial charge on any atom is -0.352 e. The van der Waals surface area contributed by atoms with Gasteiger partial charge in [-0.2, -0.15) is 0 Å². The third-order valence-electron chi connectivity index (χ3n) is 4.67. The molecule has 3 N–H and O–H groups in total. The van der Waals surface area contributed by atoms with Crippen molar-refractivity contribution in [3.8, 4) is 0 Å². The fourth-order valence-electron chi connectivity index (χ4n) is 3.04. The summed E-state index contributed by atoms with van der Waals surface area (Å²) in [6.07, 6.45) is 4.15. The van der Waals surface area contributed by atoms with Crippen molar-refractivity contribution in [2.24, 2.45) is 17.6 Å². The average Bonchev–Trinajstić information content (AvgIpc) is 2.45. The van der Waals surface area contributed by atoms with Crippen LogP contribution < -0.4 is 11.1 Å². The molecule has 3 unspecified atom stereocenters. The number of amides is 1. The molecule has 1 saturated carbocycles. The van der Waals surface area contributed by atoms with Gasteiger partial charge in [0.05, 0.1) is 6.04 Å². The molecule has 20 heavy (non-hydrogen) atoms. The molecule has 0 bridgehead atoms. The summed E-state index contributed by atoms with van der Waals surface area (Å²) in [6.45, 7) is 4.50. The summed E-state index contributed by atoms with van der Waals surface area (Å²) in [4.78, 5) is 12.2. The van der Waals surface area contributed by atoms with Crippen LogP contribution >= 0.6 is 0 Å². The molecule has 0 radical (unpaired) electrons. The number of carbonyl (C=O) groups excluding carboxylic acids is 1. The van der Waals surface area contributed by atoms with Crippen molar-refractivity contribution in [2.45, 2.75) is 51.6 Å². The predicted octanol–water partition coefficient (Wildman–Crippen LogP) is 2.50. The Labute approximate surface area is 121 Å². The molecule has 1 aromatic carbocycles. The molecule has 3 heteroatoms. The van der Waals surface area contributed by atoms with Crippen molar-refractivity contribution in [3.63, 3.8) is 0 Å². The average molecular weight is 274 g/mol. The number of hydrogen-bond donors (Lipinski definition) is 2. The van der Waals surface area contributed by atoms with Crippen LogP contribution in [0.2, 0.25) is 0 Å². The number of rotatable bonds is 4. The van der Waals surface area contributed by atoms with Gasteiger partial charge in [-0.15, -0.1) is 0 Å². The molecule has 0 spiro atoms. The van der Waals surface area contributed by atoms with E-state index in [4.69, 9.17) is 5.73 Å². The van der Waals surface area contributed by atoms with Gasteiger partial charge in [0.25, 0.3) is 0 Å². The first-order chi connectivity index (χ1) is 9.58. The summed E-state index contributed by atoms with van der Waals surface area (Å²) >= 11 is 0. The third-order valence-corrected chi connectivity index (χ3v) is 4.67. The molecule has 0 aromatic heterocycles. The normalized spacial score (nSPS) is 27.9. The lowest BCUT2D eigenvalue weighted by Gasteiger charge is -2.35. The second-order valence-electron chi connectivity index (χ2n) is 6.18. The molecule has 1 aliphatic rings. The van der Waals surface area contributed by atoms with Crippen LogP contribution in [-0.4, -0.2) is 18.0 Å². The van der Waals surface area contributed by atoms with Crippen molar-refractivity contribution in [1.29, 1.82) is 0 Å². The fraction of sp³-hybridized carbons (Fsp3) is 0.588. The Morgan fingerprint density at radius 2 is 2.00 bits per heavy atom. The highest BCUT2D eigenvalue weighted by Crippen LogP contribution is 2.29. The van der Waals surface area contributed by atoms with Crippen LogP contribution in [-0.2, 0) is 11.2 Å². The monoisotopic (exact) mass is 274 g/mol. The summed E-state index contributed by atoms with van der Waals surface area (Å²) < 4.78 is 0. The van der Waals surface area contributed by atoms with Crippen molar-refractivity contribution in [3.05, 3.63) is 35.9 Å². The van der Waals surface area contributed by atoms with E-state index in [0.717, 1.165) is 12.0 Å². The number of carbonyl (C=O) groups is 1. The number of benzene rings is 1. The summed E-state index contributed by atoms with van der Waals surface area (Å²) in [7, 11) is 0. The highest BCUT2D eigenvalue weighted by atomic mass is 16.2. The minimum atomic E-state index is -0.457. The summed E-state index contributed by atoms with van der Waals surface area (Å²) in [5.41, 5.74) is 7.15. The molecule has 110 valence electrons. The second kappa shape index (κ2) is 6.89. The smallest absolute Gasteiger partial charge is 0.237 e. The topological polar surface area (TPSA) is 55.1 Å². The van der Waals surface area contributed by atoms with Crippen molar-refractivity contribution in [1.82, 2.24) is 5.32 Å². The maximum Gasteiger partial charge on any atom is 0.237 e. The van der Waals surface area contributed by atoms with E-state index in [1.54, 1.807) is 0 Å². The van der Waals surface area contributed by atoms with Crippen molar-refractivity contribution in [2.75, 3.05) is 0 Å². The summed E-state index contributed by atoms with van der Waals surface area (Å²) in [5, 5.41) is 3.16. The second-order valence-corrected chi connectivity index (χ2v) is 6.18. The molecule has 0 heterocycles. The van der Waals surface area contributed by atoms with Gasteiger partial charge in [-0.3, -0.25) is 4.79 Å². The van der Waals surface area contributed by atoms with Gasteiger partial charge in [0.15, 0.2) is 0 Å². The SMILES string of the molecule is CC1CCCC(NC(=O)[C@@H](N)Cc2ccccc2)C1C. The molecule has 4 atom stereocenters. The zero-order chi connectivity index (χ0) is 14.5. The summed E-state index contributed by atoms with van der Waals surface area (Å²) in [6, 6.07) is 9.78. The largest absolute Gasteiger partial charge is 0.352 e. The zero-order valence-corrected chi connectivity index (χ0v) is 12.5. The lowest BCUT2D eigenvalue weighted by atomic mass is 9.78. The van der Waals surface area contributed by atoms with Crippen LogP contribution in [0.5, 0.6) is 0 Å². The third kappa shape index (κ3) is 3.83. The molecule has 1 aromatic rings. The van der Waals surface area contributed by atoms with Gasteiger partial charge in [-0.05, 0) is 30.2 Å². The molecular formula is C17H26N2O. The van der Waals surface area contributed by atoms with Gasteiger partial charge in [0.2, 0.25) is 5.91 Å². The molecule has 0 aliphatic heterocycles. The van der Waals surface area contributed by atoms with E-state index < -0.39 is 6.04 Å². The van der Waals surface area contributed by atoms with Crippen molar-refractivity contribution >= 4 is 5.91 Å². The molecule has 2 rings (SSSR count). The van der Waals surface area contributed by atoms with E-state index in [1.165, 1.54) is 12.8 Å². The van der Waals surface area contributed by atoms with E-state index >= 15 is 0 Å². The van der Waals surface area contributed by atoms with E-state index in [1.807, 2.05) is 30.3 Å². The molecule has 1 aliphatic carbocycles. The van der Waals surface area contributed by atoms with Crippen LogP contribution in [0.1, 0.15) is 38.7 Å². The van der Waals surface area contributed by atoms with Crippen LogP contribution in [0.25, 0.3) is 0 Å². The molecule has 0 saturated heterocycles. The van der Waals surface area contributed by atoms with Gasteiger partial charge in [0.1, 0.15) is 0 Å². The van der Waals surface area contributed by atoms with Gasteiger partial charge in [-0.25, -0.2) is 0 Å². The quantitative estimate of drug-likeness (QED) is 0.886. The van der Waals surface area contributed by atoms with Crippen LogP contribution in [0.3, 0.4) is 0 Å². The first-order valence-corrected chi connectivity index (χ1v) is 7.68. The fourth-order valence-corrected chi connectivity index (χ4v) is 3.04. The lowest BCUT2D eigenvalue weighted by Crippen LogP contribution is -2.50. The van der Waals surface area contributed by atoms with Crippen molar-refractivity contribution < 1.29 is 4.79 Å². The maximum atomic E-state index is 12.2. The Morgan fingerprint density at radius 1 is 1.30 bits per heavy atom. The highest BCUT2D eigenvalue weighted by Gasteiger charge is 2.29.